The van der Waals surface area contributed by atoms with Crippen molar-refractivity contribution in [2.45, 2.75) is 9.79 Å². The van der Waals surface area contributed by atoms with Gasteiger partial charge in [0.2, 0.25) is 16.0 Å². The van der Waals surface area contributed by atoms with Gasteiger partial charge in [-0.1, -0.05) is 12.1 Å². The smallest absolute Gasteiger partial charge is 0.265 e. The highest BCUT2D eigenvalue weighted by atomic mass is 32.2. The van der Waals surface area contributed by atoms with Gasteiger partial charge in [-0.25, -0.2) is 25.9 Å². The Morgan fingerprint density at radius 1 is 1.00 bits per heavy atom. The minimum absolute atomic E-state index is 0.0972. The number of nitrogens with zero attached hydrogens (tertiary/aromatic N) is 5. The molecule has 12 heteroatoms. The van der Waals surface area contributed by atoms with Crippen LogP contribution < -0.4 is 4.72 Å². The number of rotatable bonds is 6. The van der Waals surface area contributed by atoms with Crippen LogP contribution in [-0.4, -0.2) is 55.0 Å². The van der Waals surface area contributed by atoms with Crippen LogP contribution >= 0.6 is 0 Å². The Morgan fingerprint density at radius 3 is 2.33 bits per heavy atom. The third-order valence-corrected chi connectivity index (χ3v) is 6.98. The van der Waals surface area contributed by atoms with Crippen molar-refractivity contribution < 1.29 is 16.8 Å². The van der Waals surface area contributed by atoms with Crippen LogP contribution in [0.15, 0.2) is 64.9 Å². The van der Waals surface area contributed by atoms with E-state index in [2.05, 4.69) is 19.9 Å². The number of pyridine rings is 1. The van der Waals surface area contributed by atoms with Crippen LogP contribution in [0.1, 0.15) is 0 Å². The van der Waals surface area contributed by atoms with Gasteiger partial charge < -0.3 is 0 Å². The summed E-state index contributed by atoms with van der Waals surface area (Å²) in [5.41, 5.74) is 0.536. The summed E-state index contributed by atoms with van der Waals surface area (Å²) in [6.45, 7) is 0. The van der Waals surface area contributed by atoms with Gasteiger partial charge in [0.15, 0.2) is 0 Å². The van der Waals surface area contributed by atoms with Gasteiger partial charge in [0.25, 0.3) is 10.0 Å². The lowest BCUT2D eigenvalue weighted by Gasteiger charge is -2.16. The van der Waals surface area contributed by atoms with E-state index in [9.17, 15) is 16.8 Å². The van der Waals surface area contributed by atoms with Gasteiger partial charge in [-0.3, -0.25) is 9.55 Å². The summed E-state index contributed by atoms with van der Waals surface area (Å²) in [4.78, 5) is 3.24. The first kappa shape index (κ1) is 18.9. The average Bonchev–Trinajstić information content (AvgIpc) is 3.09. The first-order valence-corrected chi connectivity index (χ1v) is 10.5. The van der Waals surface area contributed by atoms with Crippen molar-refractivity contribution in [1.82, 2.24) is 24.1 Å². The molecule has 1 aromatic carbocycles. The first-order valence-electron chi connectivity index (χ1n) is 7.58. The summed E-state index contributed by atoms with van der Waals surface area (Å²) in [5.74, 6) is -0.0972. The molecule has 2 aromatic heterocycles. The van der Waals surface area contributed by atoms with Crippen molar-refractivity contribution in [1.29, 1.82) is 0 Å². The minimum Gasteiger partial charge on any atom is -0.266 e. The van der Waals surface area contributed by atoms with E-state index in [4.69, 9.17) is 0 Å². The third kappa shape index (κ3) is 3.67. The maximum atomic E-state index is 12.9. The Morgan fingerprint density at radius 2 is 1.70 bits per heavy atom. The SMILES string of the molecule is CN(C)S(=O)(=O)c1ccccc1S(=O)(=O)Nc1nncn1-c1cccnc1. The van der Waals surface area contributed by atoms with Gasteiger partial charge in [-0.15, -0.1) is 10.2 Å². The zero-order chi connectivity index (χ0) is 19.7. The molecule has 0 aliphatic carbocycles. The lowest BCUT2D eigenvalue weighted by Crippen LogP contribution is -2.26. The lowest BCUT2D eigenvalue weighted by molar-refractivity contribution is 0.517. The molecule has 0 unspecified atom stereocenters. The highest BCUT2D eigenvalue weighted by Gasteiger charge is 2.29. The van der Waals surface area contributed by atoms with Crippen LogP contribution in [-0.2, 0) is 20.0 Å². The van der Waals surface area contributed by atoms with E-state index in [0.717, 1.165) is 4.31 Å². The molecule has 0 saturated heterocycles. The minimum atomic E-state index is -4.26. The molecule has 142 valence electrons. The van der Waals surface area contributed by atoms with Gasteiger partial charge in [0.1, 0.15) is 16.1 Å². The largest absolute Gasteiger partial charge is 0.266 e. The second-order valence-electron chi connectivity index (χ2n) is 5.58. The maximum absolute atomic E-state index is 12.9. The quantitative estimate of drug-likeness (QED) is 0.636. The second-order valence-corrected chi connectivity index (χ2v) is 9.35. The van der Waals surface area contributed by atoms with Crippen molar-refractivity contribution >= 4 is 26.0 Å². The summed E-state index contributed by atoms with van der Waals surface area (Å²) in [7, 11) is -5.58. The van der Waals surface area contributed by atoms with Gasteiger partial charge in [0, 0.05) is 20.3 Å². The molecule has 0 fully saturated rings. The Bertz CT molecular complexity index is 1160. The molecule has 2 heterocycles. The van der Waals surface area contributed by atoms with Gasteiger partial charge >= 0.3 is 0 Å². The summed E-state index contributed by atoms with van der Waals surface area (Å²) in [6, 6.07) is 8.70. The number of hydrogen-bond acceptors (Lipinski definition) is 7. The Kier molecular flexibility index (Phi) is 4.95. The molecule has 10 nitrogen and oxygen atoms in total. The van der Waals surface area contributed by atoms with E-state index >= 15 is 0 Å². The maximum Gasteiger partial charge on any atom is 0.265 e. The average molecular weight is 408 g/mol. The summed E-state index contributed by atoms with van der Waals surface area (Å²) < 4.78 is 55.3. The van der Waals surface area contributed by atoms with Crippen LogP contribution in [0.4, 0.5) is 5.95 Å². The Labute approximate surface area is 156 Å². The second kappa shape index (κ2) is 7.06. The normalized spacial score (nSPS) is 12.3. The van der Waals surface area contributed by atoms with E-state index in [0.29, 0.717) is 5.69 Å². The van der Waals surface area contributed by atoms with E-state index in [-0.39, 0.29) is 15.7 Å². The predicted octanol–water partition coefficient (Wildman–Crippen LogP) is 0.713. The van der Waals surface area contributed by atoms with Crippen LogP contribution in [0, 0.1) is 0 Å². The molecule has 0 atom stereocenters. The van der Waals surface area contributed by atoms with E-state index in [1.165, 1.54) is 55.5 Å². The molecule has 27 heavy (non-hydrogen) atoms. The molecule has 3 rings (SSSR count). The molecular formula is C15H16N6O4S2. The molecule has 0 aliphatic heterocycles. The van der Waals surface area contributed by atoms with E-state index in [1.807, 2.05) is 0 Å². The van der Waals surface area contributed by atoms with E-state index < -0.39 is 20.0 Å². The number of aromatic nitrogens is 4. The van der Waals surface area contributed by atoms with E-state index in [1.54, 1.807) is 18.3 Å². The van der Waals surface area contributed by atoms with Crippen molar-refractivity contribution in [3.63, 3.8) is 0 Å². The number of benzene rings is 1. The molecule has 0 bridgehead atoms. The number of sulfonamides is 2. The van der Waals surface area contributed by atoms with Crippen molar-refractivity contribution in [3.05, 3.63) is 55.1 Å². The summed E-state index contributed by atoms with van der Waals surface area (Å²) in [5, 5.41) is 7.47. The summed E-state index contributed by atoms with van der Waals surface area (Å²) >= 11 is 0. The van der Waals surface area contributed by atoms with Gasteiger partial charge in [-0.2, -0.15) is 0 Å². The first-order chi connectivity index (χ1) is 12.7. The predicted molar refractivity (Wildman–Crippen MR) is 97.3 cm³/mol. The standard InChI is InChI=1S/C15H16N6O4S2/c1-20(2)27(24,25)14-8-4-3-7-13(14)26(22,23)19-15-18-17-11-21(15)12-6-5-9-16-10-12/h3-11H,1-2H3,(H,18,19). The van der Waals surface area contributed by atoms with Crippen LogP contribution in [0.5, 0.6) is 0 Å². The molecule has 0 radical (unpaired) electrons. The fourth-order valence-corrected chi connectivity index (χ4v) is 4.94. The van der Waals surface area contributed by atoms with Crippen LogP contribution in [0.3, 0.4) is 0 Å². The Balaban J connectivity index is 2.06. The highest BCUT2D eigenvalue weighted by Crippen LogP contribution is 2.25. The molecule has 3 aromatic rings. The molecule has 0 saturated carbocycles. The lowest BCUT2D eigenvalue weighted by atomic mass is 10.4. The highest BCUT2D eigenvalue weighted by molar-refractivity contribution is 7.94. The fourth-order valence-electron chi connectivity index (χ4n) is 2.25. The number of anilines is 1. The molecule has 0 spiro atoms. The molecule has 1 N–H and O–H groups in total. The Hall–Kier alpha value is -2.83. The molecular weight excluding hydrogens is 392 g/mol. The van der Waals surface area contributed by atoms with Crippen LogP contribution in [0.25, 0.3) is 5.69 Å². The zero-order valence-corrected chi connectivity index (χ0v) is 16.0. The van der Waals surface area contributed by atoms with Gasteiger partial charge in [-0.05, 0) is 24.3 Å². The fraction of sp³-hybridized carbons (Fsp3) is 0.133. The molecule has 0 amide bonds. The number of hydrogen-bond donors (Lipinski definition) is 1. The zero-order valence-electron chi connectivity index (χ0n) is 14.4. The van der Waals surface area contributed by atoms with Crippen molar-refractivity contribution in [3.8, 4) is 5.69 Å². The number of nitrogens with one attached hydrogen (secondary N) is 1. The monoisotopic (exact) mass is 408 g/mol. The van der Waals surface area contributed by atoms with Gasteiger partial charge in [0.05, 0.1) is 11.9 Å². The topological polar surface area (TPSA) is 127 Å². The van der Waals surface area contributed by atoms with Crippen molar-refractivity contribution in [2.75, 3.05) is 18.8 Å². The van der Waals surface area contributed by atoms with Crippen molar-refractivity contribution in [2.24, 2.45) is 0 Å². The molecule has 0 aliphatic rings. The van der Waals surface area contributed by atoms with Crippen LogP contribution in [0.2, 0.25) is 0 Å². The summed E-state index contributed by atoms with van der Waals surface area (Å²) in [6.07, 6.45) is 4.39. The third-order valence-electron chi connectivity index (χ3n) is 3.59.